The summed E-state index contributed by atoms with van der Waals surface area (Å²) in [5.41, 5.74) is 1.28. The Bertz CT molecular complexity index is 771. The zero-order valence-electron chi connectivity index (χ0n) is 18.3. The fourth-order valence-electron chi connectivity index (χ4n) is 3.87. The molecule has 162 valence electrons. The van der Waals surface area contributed by atoms with Gasteiger partial charge in [-0.1, -0.05) is 30.3 Å². The number of hydrogen-bond donors (Lipinski definition) is 1. The van der Waals surface area contributed by atoms with Gasteiger partial charge < -0.3 is 15.0 Å². The summed E-state index contributed by atoms with van der Waals surface area (Å²) in [6.45, 7) is 4.76. The number of amides is 1. The van der Waals surface area contributed by atoms with E-state index in [0.29, 0.717) is 12.3 Å². The van der Waals surface area contributed by atoms with Crippen molar-refractivity contribution in [3.8, 4) is 11.5 Å². The molecule has 0 unspecified atom stereocenters. The summed E-state index contributed by atoms with van der Waals surface area (Å²) in [6, 6.07) is 18.3. The van der Waals surface area contributed by atoms with Crippen LogP contribution in [0.15, 0.2) is 54.6 Å². The summed E-state index contributed by atoms with van der Waals surface area (Å²) in [5.74, 6) is 2.60. The third-order valence-corrected chi connectivity index (χ3v) is 5.65. The van der Waals surface area contributed by atoms with E-state index < -0.39 is 0 Å². The maximum Gasteiger partial charge on any atom is 0.220 e. The summed E-state index contributed by atoms with van der Waals surface area (Å²) in [5, 5.41) is 3.01. The Balaban J connectivity index is 1.37. The molecule has 0 aliphatic carbocycles. The predicted molar refractivity (Wildman–Crippen MR) is 122 cm³/mol. The number of piperidine rings is 1. The third-order valence-electron chi connectivity index (χ3n) is 5.65. The molecule has 0 saturated carbocycles. The highest BCUT2D eigenvalue weighted by atomic mass is 16.5. The minimum Gasteiger partial charge on any atom is -0.457 e. The first-order valence-electron chi connectivity index (χ1n) is 11.0. The first-order valence-corrected chi connectivity index (χ1v) is 11.0. The molecule has 0 aromatic heterocycles. The summed E-state index contributed by atoms with van der Waals surface area (Å²) >= 11 is 0. The normalized spacial score (nSPS) is 15.3. The second-order valence-corrected chi connectivity index (χ2v) is 8.47. The van der Waals surface area contributed by atoms with Crippen molar-refractivity contribution in [2.75, 3.05) is 40.3 Å². The van der Waals surface area contributed by atoms with Crippen LogP contribution < -0.4 is 10.1 Å². The van der Waals surface area contributed by atoms with Gasteiger partial charge in [-0.25, -0.2) is 0 Å². The monoisotopic (exact) mass is 409 g/mol. The van der Waals surface area contributed by atoms with E-state index in [0.717, 1.165) is 50.6 Å². The lowest BCUT2D eigenvalue weighted by atomic mass is 9.92. The van der Waals surface area contributed by atoms with Crippen LogP contribution in [0.3, 0.4) is 0 Å². The van der Waals surface area contributed by atoms with Gasteiger partial charge in [0.25, 0.3) is 0 Å². The molecule has 1 N–H and O–H groups in total. The molecular formula is C25H35N3O2. The highest BCUT2D eigenvalue weighted by molar-refractivity contribution is 5.75. The van der Waals surface area contributed by atoms with Gasteiger partial charge in [0.2, 0.25) is 5.91 Å². The Morgan fingerprint density at radius 2 is 1.80 bits per heavy atom. The van der Waals surface area contributed by atoms with E-state index in [9.17, 15) is 4.79 Å². The lowest BCUT2D eigenvalue weighted by Gasteiger charge is -2.32. The molecular weight excluding hydrogens is 374 g/mol. The molecule has 1 heterocycles. The number of carbonyl (C=O) groups excluding carboxylic acids is 1. The first-order chi connectivity index (χ1) is 14.6. The van der Waals surface area contributed by atoms with Crippen LogP contribution in [0.5, 0.6) is 11.5 Å². The second-order valence-electron chi connectivity index (χ2n) is 8.47. The van der Waals surface area contributed by atoms with E-state index in [2.05, 4.69) is 33.3 Å². The van der Waals surface area contributed by atoms with Crippen molar-refractivity contribution in [1.82, 2.24) is 15.1 Å². The number of carbonyl (C=O) groups is 1. The second kappa shape index (κ2) is 11.7. The van der Waals surface area contributed by atoms with Gasteiger partial charge >= 0.3 is 0 Å². The third kappa shape index (κ3) is 7.81. The van der Waals surface area contributed by atoms with Gasteiger partial charge in [0.15, 0.2) is 0 Å². The van der Waals surface area contributed by atoms with Crippen molar-refractivity contribution in [2.24, 2.45) is 5.92 Å². The van der Waals surface area contributed by atoms with E-state index in [1.807, 2.05) is 50.5 Å². The highest BCUT2D eigenvalue weighted by Gasteiger charge is 2.20. The van der Waals surface area contributed by atoms with Gasteiger partial charge in [-0.3, -0.25) is 9.69 Å². The SMILES string of the molecule is CN(C)CCNC(=O)CCC1CCN(Cc2cccc(Oc3ccccc3)c2)CC1. The molecule has 0 atom stereocenters. The maximum absolute atomic E-state index is 12.0. The number of nitrogens with zero attached hydrogens (tertiary/aromatic N) is 2. The van der Waals surface area contributed by atoms with Crippen molar-refractivity contribution in [1.29, 1.82) is 0 Å². The van der Waals surface area contributed by atoms with Crippen LogP contribution in [0, 0.1) is 5.92 Å². The summed E-state index contributed by atoms with van der Waals surface area (Å²) < 4.78 is 5.96. The zero-order chi connectivity index (χ0) is 21.2. The molecule has 0 radical (unpaired) electrons. The number of hydrogen-bond acceptors (Lipinski definition) is 4. The van der Waals surface area contributed by atoms with Crippen LogP contribution in [-0.2, 0) is 11.3 Å². The average Bonchev–Trinajstić information content (AvgIpc) is 2.74. The number of rotatable bonds is 10. The molecule has 5 nitrogen and oxygen atoms in total. The van der Waals surface area contributed by atoms with Crippen molar-refractivity contribution in [2.45, 2.75) is 32.2 Å². The van der Waals surface area contributed by atoms with E-state index in [-0.39, 0.29) is 5.91 Å². The largest absolute Gasteiger partial charge is 0.457 e. The predicted octanol–water partition coefficient (Wildman–Crippen LogP) is 4.15. The van der Waals surface area contributed by atoms with Crippen molar-refractivity contribution < 1.29 is 9.53 Å². The highest BCUT2D eigenvalue weighted by Crippen LogP contribution is 2.25. The molecule has 2 aromatic carbocycles. The maximum atomic E-state index is 12.0. The van der Waals surface area contributed by atoms with Gasteiger partial charge in [-0.2, -0.15) is 0 Å². The molecule has 0 bridgehead atoms. The smallest absolute Gasteiger partial charge is 0.220 e. The van der Waals surface area contributed by atoms with Crippen LogP contribution in [0.25, 0.3) is 0 Å². The molecule has 1 amide bonds. The quantitative estimate of drug-likeness (QED) is 0.640. The van der Waals surface area contributed by atoms with Gasteiger partial charge in [-0.15, -0.1) is 0 Å². The molecule has 1 saturated heterocycles. The topological polar surface area (TPSA) is 44.8 Å². The number of ether oxygens (including phenoxy) is 1. The lowest BCUT2D eigenvalue weighted by molar-refractivity contribution is -0.121. The average molecular weight is 410 g/mol. The first kappa shape index (κ1) is 22.3. The van der Waals surface area contributed by atoms with Crippen LogP contribution in [-0.4, -0.2) is 56.0 Å². The number of benzene rings is 2. The molecule has 0 spiro atoms. The van der Waals surface area contributed by atoms with Gasteiger partial charge in [0.05, 0.1) is 0 Å². The zero-order valence-corrected chi connectivity index (χ0v) is 18.3. The lowest BCUT2D eigenvalue weighted by Crippen LogP contribution is -2.34. The van der Waals surface area contributed by atoms with E-state index >= 15 is 0 Å². The van der Waals surface area contributed by atoms with Crippen molar-refractivity contribution in [3.05, 3.63) is 60.2 Å². The molecule has 3 rings (SSSR count). The van der Waals surface area contributed by atoms with Crippen LogP contribution in [0.4, 0.5) is 0 Å². The molecule has 5 heteroatoms. The van der Waals surface area contributed by atoms with Crippen molar-refractivity contribution >= 4 is 5.91 Å². The van der Waals surface area contributed by atoms with Gasteiger partial charge in [0, 0.05) is 26.1 Å². The molecule has 1 aliphatic rings. The summed E-state index contributed by atoms with van der Waals surface area (Å²) in [6.07, 6.45) is 4.00. The van der Waals surface area contributed by atoms with Crippen LogP contribution >= 0.6 is 0 Å². The van der Waals surface area contributed by atoms with E-state index in [1.54, 1.807) is 0 Å². The Kier molecular flexibility index (Phi) is 8.72. The fourth-order valence-corrected chi connectivity index (χ4v) is 3.87. The number of likely N-dealkylation sites (N-methyl/N-ethyl adjacent to an activating group) is 1. The molecule has 1 fully saturated rings. The van der Waals surface area contributed by atoms with Gasteiger partial charge in [0.1, 0.15) is 11.5 Å². The summed E-state index contributed by atoms with van der Waals surface area (Å²) in [4.78, 5) is 16.6. The fraction of sp³-hybridized carbons (Fsp3) is 0.480. The van der Waals surface area contributed by atoms with Crippen LogP contribution in [0.1, 0.15) is 31.2 Å². The molecule has 2 aromatic rings. The minimum absolute atomic E-state index is 0.189. The summed E-state index contributed by atoms with van der Waals surface area (Å²) in [7, 11) is 4.04. The number of nitrogens with one attached hydrogen (secondary N) is 1. The number of para-hydroxylation sites is 1. The minimum atomic E-state index is 0.189. The molecule has 1 aliphatic heterocycles. The van der Waals surface area contributed by atoms with E-state index in [1.165, 1.54) is 18.4 Å². The standard InChI is InChI=1S/C25H35N3O2/c1-27(2)18-15-26-25(29)12-11-21-13-16-28(17-14-21)20-22-7-6-10-24(19-22)30-23-8-4-3-5-9-23/h3-10,19,21H,11-18,20H2,1-2H3,(H,26,29). The van der Waals surface area contributed by atoms with Gasteiger partial charge in [-0.05, 0) is 82.2 Å². The number of likely N-dealkylation sites (tertiary alicyclic amines) is 1. The Hall–Kier alpha value is -2.37. The Labute approximate surface area is 181 Å². The molecule has 30 heavy (non-hydrogen) atoms. The Morgan fingerprint density at radius 1 is 1.07 bits per heavy atom. The van der Waals surface area contributed by atoms with E-state index in [4.69, 9.17) is 4.74 Å². The van der Waals surface area contributed by atoms with Crippen LogP contribution in [0.2, 0.25) is 0 Å². The Morgan fingerprint density at radius 3 is 2.53 bits per heavy atom. The van der Waals surface area contributed by atoms with Crippen molar-refractivity contribution in [3.63, 3.8) is 0 Å².